The lowest BCUT2D eigenvalue weighted by atomic mass is 10.0. The second kappa shape index (κ2) is 13.0. The summed E-state index contributed by atoms with van der Waals surface area (Å²) in [5.41, 5.74) is 8.77. The Balaban J connectivity index is 1.12. The van der Waals surface area contributed by atoms with Gasteiger partial charge in [0.15, 0.2) is 23.3 Å². The van der Waals surface area contributed by atoms with Crippen molar-refractivity contribution in [1.82, 2.24) is 29.5 Å². The van der Waals surface area contributed by atoms with Crippen LogP contribution in [-0.2, 0) is 0 Å². The molecule has 0 aliphatic heterocycles. The first-order valence-corrected chi connectivity index (χ1v) is 15.9. The van der Waals surface area contributed by atoms with Gasteiger partial charge in [-0.25, -0.2) is 0 Å². The van der Waals surface area contributed by atoms with Gasteiger partial charge < -0.3 is 0 Å². The summed E-state index contributed by atoms with van der Waals surface area (Å²) < 4.78 is 4.08. The second-order valence-corrected chi connectivity index (χ2v) is 11.6. The number of aromatic nitrogens is 6. The third-order valence-electron chi connectivity index (χ3n) is 8.52. The monoisotopic (exact) mass is 642 g/mol. The van der Waals surface area contributed by atoms with Gasteiger partial charge in [0.2, 0.25) is 0 Å². The molecule has 0 unspecified atom stereocenters. The van der Waals surface area contributed by atoms with E-state index in [9.17, 15) is 10.5 Å². The summed E-state index contributed by atoms with van der Waals surface area (Å²) in [6.45, 7) is 0. The Hall–Kier alpha value is -7.42. The number of nitriles is 2. The summed E-state index contributed by atoms with van der Waals surface area (Å²) >= 11 is 0. The molecule has 234 valence electrons. The molecule has 50 heavy (non-hydrogen) atoms. The van der Waals surface area contributed by atoms with Gasteiger partial charge in [0.25, 0.3) is 0 Å². The van der Waals surface area contributed by atoms with Crippen LogP contribution in [0.5, 0.6) is 0 Å². The number of nitrogens with zero attached hydrogens (tertiary/aromatic N) is 8. The Morgan fingerprint density at radius 1 is 0.320 bits per heavy atom. The summed E-state index contributed by atoms with van der Waals surface area (Å²) in [5.74, 6) is 2.83. The molecule has 8 aromatic rings. The molecule has 0 aliphatic carbocycles. The largest absolute Gasteiger partial charge is 0.275 e. The number of rotatable bonds is 7. The molecule has 0 amide bonds. The van der Waals surface area contributed by atoms with Crippen molar-refractivity contribution in [2.75, 3.05) is 0 Å². The van der Waals surface area contributed by atoms with Crippen LogP contribution in [0.3, 0.4) is 0 Å². The smallest absolute Gasteiger partial charge is 0.168 e. The molecule has 8 nitrogen and oxygen atoms in total. The highest BCUT2D eigenvalue weighted by atomic mass is 15.3. The fourth-order valence-electron chi connectivity index (χ4n) is 5.97. The standard InChI is InChI=1S/C42H26N8/c43-27-29-11-15-33(16-12-29)39-45-47-41(49(39)37-7-3-1-4-8-37)35-23-19-31(20-24-35)32-21-25-36(26-22-32)42-48-46-40(34-17-13-30(28-44)14-18-34)50(42)38-9-5-2-6-10-38/h1-26H. The van der Waals surface area contributed by atoms with Gasteiger partial charge in [0.05, 0.1) is 23.3 Å². The molecule has 0 bridgehead atoms. The molecular formula is C42H26N8. The number of hydrogen-bond donors (Lipinski definition) is 0. The van der Waals surface area contributed by atoms with E-state index in [0.717, 1.165) is 56.4 Å². The molecule has 2 heterocycles. The highest BCUT2D eigenvalue weighted by molar-refractivity contribution is 5.74. The van der Waals surface area contributed by atoms with E-state index in [4.69, 9.17) is 0 Å². The lowest BCUT2D eigenvalue weighted by Crippen LogP contribution is -2.00. The maximum Gasteiger partial charge on any atom is 0.168 e. The minimum Gasteiger partial charge on any atom is -0.275 e. The Morgan fingerprint density at radius 2 is 0.580 bits per heavy atom. The molecule has 0 fully saturated rings. The van der Waals surface area contributed by atoms with Crippen molar-refractivity contribution < 1.29 is 0 Å². The van der Waals surface area contributed by atoms with Crippen LogP contribution >= 0.6 is 0 Å². The van der Waals surface area contributed by atoms with E-state index in [1.54, 1.807) is 24.3 Å². The zero-order chi connectivity index (χ0) is 33.9. The molecule has 8 rings (SSSR count). The number of para-hydroxylation sites is 2. The van der Waals surface area contributed by atoms with E-state index < -0.39 is 0 Å². The van der Waals surface area contributed by atoms with E-state index >= 15 is 0 Å². The van der Waals surface area contributed by atoms with Gasteiger partial charge in [0, 0.05) is 33.6 Å². The first kappa shape index (κ1) is 29.9. The van der Waals surface area contributed by atoms with Crippen molar-refractivity contribution in [1.29, 1.82) is 10.5 Å². The second-order valence-electron chi connectivity index (χ2n) is 11.6. The minimum absolute atomic E-state index is 0.592. The summed E-state index contributed by atoms with van der Waals surface area (Å²) in [6.07, 6.45) is 0. The average Bonchev–Trinajstić information content (AvgIpc) is 3.85. The zero-order valence-electron chi connectivity index (χ0n) is 26.6. The van der Waals surface area contributed by atoms with Crippen LogP contribution in [0.2, 0.25) is 0 Å². The third-order valence-corrected chi connectivity index (χ3v) is 8.52. The van der Waals surface area contributed by atoms with Crippen LogP contribution in [0, 0.1) is 22.7 Å². The molecule has 0 aliphatic rings. The first-order valence-electron chi connectivity index (χ1n) is 15.9. The first-order chi connectivity index (χ1) is 24.7. The summed E-state index contributed by atoms with van der Waals surface area (Å²) in [6, 6.07) is 55.7. The normalized spacial score (nSPS) is 10.8. The van der Waals surface area contributed by atoms with Gasteiger partial charge in [-0.1, -0.05) is 84.9 Å². The van der Waals surface area contributed by atoms with E-state index in [2.05, 4.69) is 81.1 Å². The van der Waals surface area contributed by atoms with Crippen molar-refractivity contribution in [3.63, 3.8) is 0 Å². The van der Waals surface area contributed by atoms with Gasteiger partial charge in [-0.05, 0) is 83.9 Å². The highest BCUT2D eigenvalue weighted by Gasteiger charge is 2.19. The molecular weight excluding hydrogens is 617 g/mol. The summed E-state index contributed by atoms with van der Waals surface area (Å²) in [7, 11) is 0. The molecule has 0 saturated heterocycles. The van der Waals surface area contributed by atoms with Crippen LogP contribution in [0.25, 0.3) is 68.1 Å². The van der Waals surface area contributed by atoms with E-state index in [1.165, 1.54) is 0 Å². The summed E-state index contributed by atoms with van der Waals surface area (Å²) in [4.78, 5) is 0. The van der Waals surface area contributed by atoms with Crippen molar-refractivity contribution in [3.8, 4) is 80.2 Å². The fourth-order valence-corrected chi connectivity index (χ4v) is 5.97. The molecule has 0 saturated carbocycles. The molecule has 0 N–H and O–H groups in total. The fraction of sp³-hybridized carbons (Fsp3) is 0. The Kier molecular flexibility index (Phi) is 7.79. The van der Waals surface area contributed by atoms with Gasteiger partial charge in [-0.15, -0.1) is 20.4 Å². The minimum atomic E-state index is 0.592. The predicted octanol–water partition coefficient (Wildman–Crippen LogP) is 8.93. The maximum absolute atomic E-state index is 9.27. The van der Waals surface area contributed by atoms with Gasteiger partial charge in [0.1, 0.15) is 0 Å². The Labute approximate surface area is 288 Å². The van der Waals surface area contributed by atoms with Crippen LogP contribution in [0.15, 0.2) is 158 Å². The molecule has 6 aromatic carbocycles. The van der Waals surface area contributed by atoms with Crippen LogP contribution < -0.4 is 0 Å². The molecule has 8 heteroatoms. The molecule has 0 spiro atoms. The average molecular weight is 643 g/mol. The third kappa shape index (κ3) is 5.60. The van der Waals surface area contributed by atoms with Crippen LogP contribution in [-0.4, -0.2) is 29.5 Å². The van der Waals surface area contributed by atoms with Gasteiger partial charge in [-0.3, -0.25) is 9.13 Å². The van der Waals surface area contributed by atoms with Crippen LogP contribution in [0.1, 0.15) is 11.1 Å². The van der Waals surface area contributed by atoms with Crippen molar-refractivity contribution >= 4 is 0 Å². The Morgan fingerprint density at radius 3 is 0.860 bits per heavy atom. The molecule has 0 radical (unpaired) electrons. The Bertz CT molecular complexity index is 2320. The van der Waals surface area contributed by atoms with Crippen molar-refractivity contribution in [3.05, 3.63) is 169 Å². The SMILES string of the molecule is N#Cc1ccc(-c2nnc(-c3ccc(-c4ccc(-c5nnc(-c6ccc(C#N)cc6)n5-c5ccccc5)cc4)cc3)n2-c2ccccc2)cc1. The van der Waals surface area contributed by atoms with Crippen molar-refractivity contribution in [2.45, 2.75) is 0 Å². The highest BCUT2D eigenvalue weighted by Crippen LogP contribution is 2.33. The van der Waals surface area contributed by atoms with E-state index in [1.807, 2.05) is 94.1 Å². The van der Waals surface area contributed by atoms with Crippen LogP contribution in [0.4, 0.5) is 0 Å². The molecule has 2 aromatic heterocycles. The van der Waals surface area contributed by atoms with Gasteiger partial charge >= 0.3 is 0 Å². The van der Waals surface area contributed by atoms with E-state index in [0.29, 0.717) is 22.8 Å². The van der Waals surface area contributed by atoms with E-state index in [-0.39, 0.29) is 0 Å². The van der Waals surface area contributed by atoms with Gasteiger partial charge in [-0.2, -0.15) is 10.5 Å². The lowest BCUT2D eigenvalue weighted by Gasteiger charge is -2.12. The molecule has 0 atom stereocenters. The summed E-state index contributed by atoms with van der Waals surface area (Å²) in [5, 5.41) is 36.9. The van der Waals surface area contributed by atoms with Crippen molar-refractivity contribution in [2.24, 2.45) is 0 Å². The lowest BCUT2D eigenvalue weighted by molar-refractivity contribution is 1.07. The topological polar surface area (TPSA) is 109 Å². The maximum atomic E-state index is 9.27. The zero-order valence-corrected chi connectivity index (χ0v) is 26.6. The quantitative estimate of drug-likeness (QED) is 0.172. The predicted molar refractivity (Wildman–Crippen MR) is 193 cm³/mol. The number of benzene rings is 6. The number of hydrogen-bond acceptors (Lipinski definition) is 6.